The van der Waals surface area contributed by atoms with E-state index in [9.17, 15) is 4.39 Å². The fourth-order valence-electron chi connectivity index (χ4n) is 2.49. The van der Waals surface area contributed by atoms with Crippen LogP contribution in [0, 0.1) is 12.7 Å². The number of aromatic nitrogens is 2. The average molecular weight is 281 g/mol. The summed E-state index contributed by atoms with van der Waals surface area (Å²) in [5.41, 5.74) is 10.6. The third kappa shape index (κ3) is 2.29. The van der Waals surface area contributed by atoms with Gasteiger partial charge in [0.25, 0.3) is 0 Å². The first-order valence-corrected chi connectivity index (χ1v) is 6.72. The van der Waals surface area contributed by atoms with Crippen LogP contribution in [0.3, 0.4) is 0 Å². The van der Waals surface area contributed by atoms with Crippen molar-refractivity contribution < 1.29 is 4.39 Å². The average Bonchev–Trinajstić information content (AvgIpc) is 2.76. The highest BCUT2D eigenvalue weighted by atomic mass is 19.1. The first-order valence-electron chi connectivity index (χ1n) is 6.72. The van der Waals surface area contributed by atoms with Gasteiger partial charge in [-0.05, 0) is 30.2 Å². The molecule has 21 heavy (non-hydrogen) atoms. The first kappa shape index (κ1) is 13.4. The Bertz CT molecular complexity index is 806. The highest BCUT2D eigenvalue weighted by Gasteiger charge is 2.18. The zero-order valence-corrected chi connectivity index (χ0v) is 12.0. The van der Waals surface area contributed by atoms with Gasteiger partial charge in [0.05, 0.1) is 5.56 Å². The largest absolute Gasteiger partial charge is 0.383 e. The first-order chi connectivity index (χ1) is 10.1. The second-order valence-electron chi connectivity index (χ2n) is 5.06. The van der Waals surface area contributed by atoms with Crippen molar-refractivity contribution in [3.63, 3.8) is 0 Å². The Morgan fingerprint density at radius 3 is 2.57 bits per heavy atom. The fraction of sp³-hybridized carbons (Fsp3) is 0.118. The molecule has 1 aromatic heterocycles. The summed E-state index contributed by atoms with van der Waals surface area (Å²) in [7, 11) is 1.79. The van der Waals surface area contributed by atoms with Crippen molar-refractivity contribution in [1.29, 1.82) is 0 Å². The van der Waals surface area contributed by atoms with Crippen LogP contribution in [0.4, 0.5) is 10.2 Å². The molecule has 0 aliphatic carbocycles. The molecule has 0 radical (unpaired) electrons. The third-order valence-corrected chi connectivity index (χ3v) is 3.60. The lowest BCUT2D eigenvalue weighted by Crippen LogP contribution is -1.98. The standard InChI is InChI=1S/C17H16FN3/c1-11-6-3-4-9-14(11)15-16(20-21(2)17(15)19)12-7-5-8-13(18)10-12/h3-10H,19H2,1-2H3. The molecule has 0 bridgehead atoms. The van der Waals surface area contributed by atoms with Gasteiger partial charge in [-0.15, -0.1) is 0 Å². The molecule has 0 saturated heterocycles. The predicted molar refractivity (Wildman–Crippen MR) is 83.2 cm³/mol. The zero-order valence-electron chi connectivity index (χ0n) is 12.0. The van der Waals surface area contributed by atoms with Gasteiger partial charge in [-0.25, -0.2) is 4.39 Å². The van der Waals surface area contributed by atoms with E-state index in [4.69, 9.17) is 5.73 Å². The van der Waals surface area contributed by atoms with Gasteiger partial charge in [-0.1, -0.05) is 36.4 Å². The Morgan fingerprint density at radius 2 is 1.86 bits per heavy atom. The molecule has 3 nitrogen and oxygen atoms in total. The lowest BCUT2D eigenvalue weighted by Gasteiger charge is -2.07. The molecule has 106 valence electrons. The smallest absolute Gasteiger partial charge is 0.129 e. The normalized spacial score (nSPS) is 10.8. The van der Waals surface area contributed by atoms with E-state index in [-0.39, 0.29) is 5.82 Å². The van der Waals surface area contributed by atoms with Crippen LogP contribution in [0.15, 0.2) is 48.5 Å². The summed E-state index contributed by atoms with van der Waals surface area (Å²) in [6.45, 7) is 2.02. The zero-order chi connectivity index (χ0) is 15.0. The number of rotatable bonds is 2. The van der Waals surface area contributed by atoms with Gasteiger partial charge < -0.3 is 5.73 Å². The molecule has 0 spiro atoms. The van der Waals surface area contributed by atoms with Crippen molar-refractivity contribution in [2.24, 2.45) is 7.05 Å². The summed E-state index contributed by atoms with van der Waals surface area (Å²) in [6.07, 6.45) is 0. The Labute approximate surface area is 122 Å². The number of aryl methyl sites for hydroxylation is 2. The van der Waals surface area contributed by atoms with E-state index in [1.165, 1.54) is 12.1 Å². The minimum Gasteiger partial charge on any atom is -0.383 e. The number of nitrogens with two attached hydrogens (primary N) is 1. The van der Waals surface area contributed by atoms with Gasteiger partial charge in [0.2, 0.25) is 0 Å². The third-order valence-electron chi connectivity index (χ3n) is 3.60. The van der Waals surface area contributed by atoms with Crippen molar-refractivity contribution in [3.8, 4) is 22.4 Å². The van der Waals surface area contributed by atoms with Gasteiger partial charge in [0.1, 0.15) is 17.3 Å². The van der Waals surface area contributed by atoms with Gasteiger partial charge in [-0.2, -0.15) is 5.10 Å². The summed E-state index contributed by atoms with van der Waals surface area (Å²) >= 11 is 0. The summed E-state index contributed by atoms with van der Waals surface area (Å²) < 4.78 is 15.1. The van der Waals surface area contributed by atoms with Crippen LogP contribution in [0.2, 0.25) is 0 Å². The van der Waals surface area contributed by atoms with Gasteiger partial charge in [0, 0.05) is 12.6 Å². The van der Waals surface area contributed by atoms with Gasteiger partial charge in [-0.3, -0.25) is 4.68 Å². The van der Waals surface area contributed by atoms with Crippen molar-refractivity contribution in [2.45, 2.75) is 6.92 Å². The molecule has 3 aromatic rings. The quantitative estimate of drug-likeness (QED) is 0.776. The van der Waals surface area contributed by atoms with Gasteiger partial charge >= 0.3 is 0 Å². The molecular weight excluding hydrogens is 265 g/mol. The van der Waals surface area contributed by atoms with Crippen LogP contribution in [-0.2, 0) is 7.05 Å². The van der Waals surface area contributed by atoms with Crippen LogP contribution < -0.4 is 5.73 Å². The van der Waals surface area contributed by atoms with Crippen molar-refractivity contribution in [2.75, 3.05) is 5.73 Å². The minimum absolute atomic E-state index is 0.285. The second kappa shape index (κ2) is 5.05. The maximum absolute atomic E-state index is 13.5. The molecule has 0 aliphatic heterocycles. The van der Waals surface area contributed by atoms with Crippen LogP contribution >= 0.6 is 0 Å². The van der Waals surface area contributed by atoms with Crippen LogP contribution in [-0.4, -0.2) is 9.78 Å². The Balaban J connectivity index is 2.29. The molecule has 0 atom stereocenters. The van der Waals surface area contributed by atoms with Crippen molar-refractivity contribution in [1.82, 2.24) is 9.78 Å². The van der Waals surface area contributed by atoms with E-state index in [1.54, 1.807) is 17.8 Å². The molecule has 4 heteroatoms. The number of hydrogen-bond acceptors (Lipinski definition) is 2. The second-order valence-corrected chi connectivity index (χ2v) is 5.06. The molecule has 0 fully saturated rings. The lowest BCUT2D eigenvalue weighted by atomic mass is 9.97. The van der Waals surface area contributed by atoms with E-state index in [1.807, 2.05) is 37.3 Å². The number of nitrogens with zero attached hydrogens (tertiary/aromatic N) is 2. The molecule has 1 heterocycles. The number of hydrogen-bond donors (Lipinski definition) is 1. The van der Waals surface area contributed by atoms with Crippen LogP contribution in [0.5, 0.6) is 0 Å². The highest BCUT2D eigenvalue weighted by Crippen LogP contribution is 2.37. The summed E-state index contributed by atoms with van der Waals surface area (Å²) in [5.74, 6) is 0.288. The molecular formula is C17H16FN3. The SMILES string of the molecule is Cc1ccccc1-c1c(-c2cccc(F)c2)nn(C)c1N. The summed E-state index contributed by atoms with van der Waals surface area (Å²) in [5, 5.41) is 4.46. The van der Waals surface area contributed by atoms with Gasteiger partial charge in [0.15, 0.2) is 0 Å². The predicted octanol–water partition coefficient (Wildman–Crippen LogP) is 3.78. The number of benzene rings is 2. The number of nitrogen functional groups attached to an aromatic ring is 1. The summed E-state index contributed by atoms with van der Waals surface area (Å²) in [4.78, 5) is 0. The molecule has 0 unspecified atom stereocenters. The fourth-order valence-corrected chi connectivity index (χ4v) is 2.49. The lowest BCUT2D eigenvalue weighted by molar-refractivity contribution is 0.628. The van der Waals surface area contributed by atoms with E-state index in [0.29, 0.717) is 11.5 Å². The molecule has 3 rings (SSSR count). The summed E-state index contributed by atoms with van der Waals surface area (Å²) in [6, 6.07) is 14.4. The highest BCUT2D eigenvalue weighted by molar-refractivity contribution is 5.89. The Kier molecular flexibility index (Phi) is 3.22. The number of anilines is 1. The van der Waals surface area contributed by atoms with E-state index in [2.05, 4.69) is 5.10 Å². The van der Waals surface area contributed by atoms with Crippen molar-refractivity contribution in [3.05, 3.63) is 59.9 Å². The van der Waals surface area contributed by atoms with E-state index >= 15 is 0 Å². The topological polar surface area (TPSA) is 43.8 Å². The minimum atomic E-state index is -0.285. The molecule has 2 N–H and O–H groups in total. The molecule has 2 aromatic carbocycles. The van der Waals surface area contributed by atoms with Crippen LogP contribution in [0.25, 0.3) is 22.4 Å². The van der Waals surface area contributed by atoms with Crippen LogP contribution in [0.1, 0.15) is 5.56 Å². The van der Waals surface area contributed by atoms with E-state index < -0.39 is 0 Å². The Hall–Kier alpha value is -2.62. The molecule has 0 aliphatic rings. The Morgan fingerprint density at radius 1 is 1.10 bits per heavy atom. The maximum atomic E-state index is 13.5. The van der Waals surface area contributed by atoms with Crippen molar-refractivity contribution >= 4 is 5.82 Å². The maximum Gasteiger partial charge on any atom is 0.129 e. The monoisotopic (exact) mass is 281 g/mol. The number of halogens is 1. The molecule has 0 saturated carbocycles. The molecule has 0 amide bonds. The van der Waals surface area contributed by atoms with E-state index in [0.717, 1.165) is 22.3 Å².